The molecule has 2 aromatic rings. The first-order valence-electron chi connectivity index (χ1n) is 5.48. The van der Waals surface area contributed by atoms with E-state index in [1.807, 2.05) is 35.3 Å². The van der Waals surface area contributed by atoms with Crippen molar-refractivity contribution in [3.8, 4) is 5.88 Å². The number of hydrogen-bond acceptors (Lipinski definition) is 4. The third-order valence-electron chi connectivity index (χ3n) is 2.29. The Labute approximate surface area is 107 Å². The van der Waals surface area contributed by atoms with Crippen molar-refractivity contribution in [1.82, 2.24) is 9.97 Å². The van der Waals surface area contributed by atoms with Crippen LogP contribution in [0.5, 0.6) is 5.88 Å². The van der Waals surface area contributed by atoms with E-state index in [0.717, 1.165) is 5.69 Å². The normalized spacial score (nSPS) is 11.4. The molecule has 1 aromatic heterocycles. The summed E-state index contributed by atoms with van der Waals surface area (Å²) in [6.45, 7) is 0. The Morgan fingerprint density at radius 2 is 1.84 bits per heavy atom. The van der Waals surface area contributed by atoms with Crippen molar-refractivity contribution in [1.29, 1.82) is 0 Å². The van der Waals surface area contributed by atoms with Crippen LogP contribution in [0.1, 0.15) is 5.56 Å². The number of aromatic hydroxyl groups is 1. The fourth-order valence-corrected chi connectivity index (χ4v) is 1.42. The lowest BCUT2D eigenvalue weighted by atomic mass is 10.3. The van der Waals surface area contributed by atoms with E-state index in [2.05, 4.69) is 9.98 Å². The summed E-state index contributed by atoms with van der Waals surface area (Å²) >= 11 is 0. The van der Waals surface area contributed by atoms with Crippen LogP contribution in [0.2, 0.25) is 0 Å². The van der Waals surface area contributed by atoms with Gasteiger partial charge in [-0.15, -0.1) is 0 Å². The Morgan fingerprint density at radius 1 is 1.11 bits per heavy atom. The van der Waals surface area contributed by atoms with E-state index in [4.69, 9.17) is 0 Å². The third-order valence-corrected chi connectivity index (χ3v) is 2.29. The van der Waals surface area contributed by atoms with Gasteiger partial charge in [-0.2, -0.15) is 0 Å². The van der Waals surface area contributed by atoms with E-state index in [1.165, 1.54) is 18.4 Å². The molecule has 3 N–H and O–H groups in total. The lowest BCUT2D eigenvalue weighted by molar-refractivity contribution is 0.447. The van der Waals surface area contributed by atoms with E-state index in [-0.39, 0.29) is 5.56 Å². The molecule has 0 aliphatic heterocycles. The van der Waals surface area contributed by atoms with E-state index in [1.54, 1.807) is 0 Å². The minimum absolute atomic E-state index is 0.0286. The summed E-state index contributed by atoms with van der Waals surface area (Å²) in [6, 6.07) is 9.25. The predicted octanol–water partition coefficient (Wildman–Crippen LogP) is 1.18. The Morgan fingerprint density at radius 3 is 2.53 bits per heavy atom. The van der Waals surface area contributed by atoms with Crippen LogP contribution in [-0.2, 0) is 0 Å². The minimum atomic E-state index is -0.752. The highest BCUT2D eigenvalue weighted by Gasteiger charge is 2.03. The fraction of sp³-hybridized carbons (Fsp3) is 0. The van der Waals surface area contributed by atoms with Crippen molar-refractivity contribution in [2.75, 3.05) is 0 Å². The number of aromatic nitrogens is 2. The first kappa shape index (κ1) is 12.6. The van der Waals surface area contributed by atoms with Crippen LogP contribution in [-0.4, -0.2) is 21.3 Å². The molecule has 6 nitrogen and oxygen atoms in total. The SMILES string of the molecule is O=c1[nH]c(O)c(C=CC=Nc2ccccc2)c(=O)[nH]1. The summed E-state index contributed by atoms with van der Waals surface area (Å²) in [7, 11) is 0. The summed E-state index contributed by atoms with van der Waals surface area (Å²) in [5, 5.41) is 9.42. The fourth-order valence-electron chi connectivity index (χ4n) is 1.42. The zero-order valence-corrected chi connectivity index (χ0v) is 9.83. The highest BCUT2D eigenvalue weighted by molar-refractivity contribution is 5.80. The van der Waals surface area contributed by atoms with E-state index in [0.29, 0.717) is 0 Å². The molecule has 0 aliphatic rings. The van der Waals surface area contributed by atoms with Gasteiger partial charge < -0.3 is 5.11 Å². The van der Waals surface area contributed by atoms with Gasteiger partial charge in [0.25, 0.3) is 5.56 Å². The number of aliphatic imine (C=N–C) groups is 1. The van der Waals surface area contributed by atoms with Gasteiger partial charge in [0.15, 0.2) is 0 Å². The van der Waals surface area contributed by atoms with Gasteiger partial charge in [-0.1, -0.05) is 18.2 Å². The quantitative estimate of drug-likeness (QED) is 0.720. The summed E-state index contributed by atoms with van der Waals surface area (Å²) in [5.74, 6) is -0.474. The molecule has 6 heteroatoms. The van der Waals surface area contributed by atoms with Gasteiger partial charge in [-0.3, -0.25) is 19.8 Å². The van der Waals surface area contributed by atoms with Gasteiger partial charge in [-0.05, 0) is 24.3 Å². The van der Waals surface area contributed by atoms with Crippen LogP contribution < -0.4 is 11.2 Å². The minimum Gasteiger partial charge on any atom is -0.494 e. The molecule has 1 aromatic carbocycles. The number of allylic oxidation sites excluding steroid dienone is 1. The first-order valence-corrected chi connectivity index (χ1v) is 5.48. The molecule has 2 rings (SSSR count). The molecule has 0 saturated carbocycles. The Hall–Kier alpha value is -2.89. The Balaban J connectivity index is 2.19. The number of rotatable bonds is 3. The second-order valence-corrected chi connectivity index (χ2v) is 3.64. The molecule has 0 radical (unpaired) electrons. The maximum atomic E-state index is 11.4. The van der Waals surface area contributed by atoms with Gasteiger partial charge >= 0.3 is 5.69 Å². The largest absolute Gasteiger partial charge is 0.494 e. The van der Waals surface area contributed by atoms with Crippen LogP contribution >= 0.6 is 0 Å². The van der Waals surface area contributed by atoms with Crippen LogP contribution in [0.4, 0.5) is 5.69 Å². The lowest BCUT2D eigenvalue weighted by Crippen LogP contribution is -2.23. The zero-order chi connectivity index (χ0) is 13.7. The molecule has 96 valence electrons. The topological polar surface area (TPSA) is 98.3 Å². The van der Waals surface area contributed by atoms with Crippen molar-refractivity contribution in [2.24, 2.45) is 4.99 Å². The zero-order valence-electron chi connectivity index (χ0n) is 9.83. The number of benzene rings is 1. The average Bonchev–Trinajstić information content (AvgIpc) is 2.38. The summed E-state index contributed by atoms with van der Waals surface area (Å²) in [6.07, 6.45) is 4.34. The first-order chi connectivity index (χ1) is 9.16. The second kappa shape index (κ2) is 5.63. The Bertz CT molecular complexity index is 727. The molecular weight excluding hydrogens is 246 g/mol. The highest BCUT2D eigenvalue weighted by atomic mass is 16.3. The molecule has 0 amide bonds. The van der Waals surface area contributed by atoms with Gasteiger partial charge in [0, 0.05) is 6.21 Å². The molecule has 0 atom stereocenters. The smallest absolute Gasteiger partial charge is 0.328 e. The van der Waals surface area contributed by atoms with Crippen molar-refractivity contribution in [3.63, 3.8) is 0 Å². The van der Waals surface area contributed by atoms with Crippen LogP contribution in [0.15, 0.2) is 51.0 Å². The van der Waals surface area contributed by atoms with E-state index < -0.39 is 17.1 Å². The molecular formula is C13H11N3O3. The highest BCUT2D eigenvalue weighted by Crippen LogP contribution is 2.09. The molecule has 1 heterocycles. The molecule has 0 bridgehead atoms. The number of nitrogens with one attached hydrogen (secondary N) is 2. The van der Waals surface area contributed by atoms with Crippen molar-refractivity contribution >= 4 is 18.0 Å². The van der Waals surface area contributed by atoms with Gasteiger partial charge in [-0.25, -0.2) is 4.79 Å². The van der Waals surface area contributed by atoms with Crippen LogP contribution in [0.25, 0.3) is 6.08 Å². The van der Waals surface area contributed by atoms with E-state index >= 15 is 0 Å². The van der Waals surface area contributed by atoms with E-state index in [9.17, 15) is 14.7 Å². The molecule has 0 unspecified atom stereocenters. The summed E-state index contributed by atoms with van der Waals surface area (Å²) < 4.78 is 0. The molecule has 0 fully saturated rings. The molecule has 0 spiro atoms. The molecule has 19 heavy (non-hydrogen) atoms. The summed E-state index contributed by atoms with van der Waals surface area (Å²) in [4.78, 5) is 30.5. The Kier molecular flexibility index (Phi) is 3.72. The average molecular weight is 257 g/mol. The number of aromatic amines is 2. The number of hydrogen-bond donors (Lipinski definition) is 3. The van der Waals surface area contributed by atoms with Gasteiger partial charge in [0.05, 0.1) is 11.3 Å². The number of para-hydroxylation sites is 1. The van der Waals surface area contributed by atoms with Crippen molar-refractivity contribution in [3.05, 3.63) is 62.8 Å². The van der Waals surface area contributed by atoms with Gasteiger partial charge in [0.1, 0.15) is 0 Å². The lowest BCUT2D eigenvalue weighted by Gasteiger charge is -1.95. The van der Waals surface area contributed by atoms with Crippen LogP contribution in [0.3, 0.4) is 0 Å². The van der Waals surface area contributed by atoms with Crippen LogP contribution in [0, 0.1) is 0 Å². The number of H-pyrrole nitrogens is 2. The molecule has 0 saturated heterocycles. The van der Waals surface area contributed by atoms with Crippen molar-refractivity contribution < 1.29 is 5.11 Å². The second-order valence-electron chi connectivity index (χ2n) is 3.64. The maximum Gasteiger partial charge on any atom is 0.328 e. The van der Waals surface area contributed by atoms with Crippen molar-refractivity contribution in [2.45, 2.75) is 0 Å². The molecule has 0 aliphatic carbocycles. The summed E-state index contributed by atoms with van der Waals surface area (Å²) in [5.41, 5.74) is -0.672. The maximum absolute atomic E-state index is 11.4. The number of nitrogens with zero attached hydrogens (tertiary/aromatic N) is 1. The van der Waals surface area contributed by atoms with Gasteiger partial charge in [0.2, 0.25) is 5.88 Å². The predicted molar refractivity (Wildman–Crippen MR) is 73.0 cm³/mol. The third kappa shape index (κ3) is 3.29. The standard InChI is InChI=1S/C13H11N3O3/c17-11-10(12(18)16-13(19)15-11)7-4-8-14-9-5-2-1-3-6-9/h1-8H,(H3,15,16,17,18,19). The monoisotopic (exact) mass is 257 g/mol.